The molecule has 1 saturated heterocycles. The second-order valence-electron chi connectivity index (χ2n) is 8.60. The summed E-state index contributed by atoms with van der Waals surface area (Å²) in [5.74, 6) is 0.105. The van der Waals surface area contributed by atoms with Gasteiger partial charge >= 0.3 is 0 Å². The van der Waals surface area contributed by atoms with Crippen LogP contribution in [0.2, 0.25) is 0 Å². The van der Waals surface area contributed by atoms with E-state index in [1.807, 2.05) is 30.3 Å². The third-order valence-electron chi connectivity index (χ3n) is 7.12. The minimum atomic E-state index is -0.542. The van der Waals surface area contributed by atoms with E-state index in [-0.39, 0.29) is 40.9 Å². The normalized spacial score (nSPS) is 29.7. The van der Waals surface area contributed by atoms with E-state index in [0.717, 1.165) is 33.5 Å². The molecule has 1 fully saturated rings. The minimum absolute atomic E-state index is 0.00573. The highest BCUT2D eigenvalue weighted by Gasteiger charge is 2.59. The summed E-state index contributed by atoms with van der Waals surface area (Å²) >= 11 is 5.41. The van der Waals surface area contributed by atoms with E-state index in [0.29, 0.717) is 5.76 Å². The molecule has 3 aliphatic rings. The smallest absolute Gasteiger partial charge is 0.197 e. The maximum absolute atomic E-state index is 12.9. The summed E-state index contributed by atoms with van der Waals surface area (Å²) in [6, 6.07) is 11.7. The number of thioether (sulfide) groups is 1. The van der Waals surface area contributed by atoms with E-state index in [4.69, 9.17) is 4.74 Å². The average Bonchev–Trinajstić information content (AvgIpc) is 2.75. The lowest BCUT2D eigenvalue weighted by Crippen LogP contribution is -2.61. The second-order valence-corrected chi connectivity index (χ2v) is 10.6. The molecule has 162 valence electrons. The van der Waals surface area contributed by atoms with E-state index >= 15 is 0 Å². The Morgan fingerprint density at radius 2 is 2.00 bits per heavy atom. The fourth-order valence-corrected chi connectivity index (χ4v) is 7.73. The number of methoxy groups -OCH3 is 1. The van der Waals surface area contributed by atoms with Crippen molar-refractivity contribution in [2.24, 2.45) is 5.92 Å². The van der Waals surface area contributed by atoms with Crippen LogP contribution in [0.1, 0.15) is 29.2 Å². The fraction of sp³-hybridized carbons (Fsp3) is 0.375. The number of Topliss-reactive ketones (excluding diaryl/α,β-unsaturated/α-hetero) is 1. The van der Waals surface area contributed by atoms with Crippen LogP contribution >= 0.6 is 27.7 Å². The molecule has 2 aromatic rings. The first kappa shape index (κ1) is 20.9. The molecule has 0 amide bonds. The van der Waals surface area contributed by atoms with Crippen LogP contribution in [0.3, 0.4) is 0 Å². The number of carbonyl (C=O) groups excluding carboxylic acids is 1. The highest BCUT2D eigenvalue weighted by Crippen LogP contribution is 2.63. The number of nitrogens with zero attached hydrogens (tertiary/aromatic N) is 1. The molecule has 31 heavy (non-hydrogen) atoms. The number of halogens is 1. The highest BCUT2D eigenvalue weighted by molar-refractivity contribution is 9.10. The van der Waals surface area contributed by atoms with Gasteiger partial charge in [0.15, 0.2) is 23.0 Å². The third-order valence-corrected chi connectivity index (χ3v) is 9.47. The van der Waals surface area contributed by atoms with Crippen molar-refractivity contribution in [3.8, 4) is 11.5 Å². The quantitative estimate of drug-likeness (QED) is 0.590. The summed E-state index contributed by atoms with van der Waals surface area (Å²) in [4.78, 5) is 16.4. The van der Waals surface area contributed by atoms with E-state index < -0.39 is 5.41 Å². The number of piperidine rings is 1. The van der Waals surface area contributed by atoms with Gasteiger partial charge in [-0.3, -0.25) is 4.79 Å². The van der Waals surface area contributed by atoms with Gasteiger partial charge in [-0.25, -0.2) is 0 Å². The zero-order chi connectivity index (χ0) is 21.9. The molecular formula is C24H24BrNO4S. The topological polar surface area (TPSA) is 70.0 Å². The zero-order valence-corrected chi connectivity index (χ0v) is 19.7. The number of hydrogen-bond donors (Lipinski definition) is 2. The van der Waals surface area contributed by atoms with Crippen molar-refractivity contribution in [3.05, 3.63) is 63.8 Å². The van der Waals surface area contributed by atoms with Gasteiger partial charge in [-0.05, 0) is 65.8 Å². The number of benzene rings is 2. The monoisotopic (exact) mass is 501 g/mol. The van der Waals surface area contributed by atoms with Crippen molar-refractivity contribution < 1.29 is 19.7 Å². The second kappa shape index (κ2) is 7.57. The Bertz CT molecular complexity index is 1100. The Morgan fingerprint density at radius 1 is 1.23 bits per heavy atom. The highest BCUT2D eigenvalue weighted by atomic mass is 79.9. The molecule has 1 unspecified atom stereocenters. The number of fused-ring (bicyclic) bond motifs is 1. The number of rotatable bonds is 3. The molecule has 2 aromatic carbocycles. The van der Waals surface area contributed by atoms with Gasteiger partial charge in [0.25, 0.3) is 0 Å². The molecule has 5 nitrogen and oxygen atoms in total. The fourth-order valence-electron chi connectivity index (χ4n) is 5.72. The Hall–Kier alpha value is -1.96. The lowest BCUT2D eigenvalue weighted by atomic mass is 9.53. The van der Waals surface area contributed by atoms with Crippen molar-refractivity contribution in [2.75, 3.05) is 20.7 Å². The standard InChI is InChI=1S/C24H24BrNO4S/c1-26-10-9-24-12-17(28)18(30-2)11-14(24)21(26)23(31-19-6-4-3-5-15(19)25)13-7-8-16(27)22(29)20(13)24/h3-8,11,14,21,23,27,29H,9-10,12H2,1-2H3/t14?,21-,23-,24-/m1/s1. The summed E-state index contributed by atoms with van der Waals surface area (Å²) in [6.45, 7) is 0.812. The van der Waals surface area contributed by atoms with Crippen molar-refractivity contribution >= 4 is 33.5 Å². The number of likely N-dealkylation sites (tertiary alicyclic amines) is 1. The van der Waals surface area contributed by atoms with Gasteiger partial charge in [0.05, 0.1) is 12.4 Å². The molecule has 4 atom stereocenters. The van der Waals surface area contributed by atoms with Crippen molar-refractivity contribution in [3.63, 3.8) is 0 Å². The van der Waals surface area contributed by atoms with E-state index in [2.05, 4.69) is 33.9 Å². The van der Waals surface area contributed by atoms with Crippen LogP contribution < -0.4 is 0 Å². The van der Waals surface area contributed by atoms with Gasteiger partial charge in [-0.2, -0.15) is 0 Å². The van der Waals surface area contributed by atoms with E-state index in [9.17, 15) is 15.0 Å². The number of aromatic hydroxyl groups is 2. The van der Waals surface area contributed by atoms with Gasteiger partial charge in [0.1, 0.15) is 0 Å². The molecule has 0 spiro atoms. The average molecular weight is 502 g/mol. The third kappa shape index (κ3) is 3.04. The lowest BCUT2D eigenvalue weighted by molar-refractivity contribution is -0.122. The number of phenols is 2. The van der Waals surface area contributed by atoms with Crippen LogP contribution in [0, 0.1) is 5.92 Å². The van der Waals surface area contributed by atoms with E-state index in [1.54, 1.807) is 17.8 Å². The first-order chi connectivity index (χ1) is 14.9. The zero-order valence-electron chi connectivity index (χ0n) is 17.3. The van der Waals surface area contributed by atoms with Gasteiger partial charge in [0.2, 0.25) is 0 Å². The summed E-state index contributed by atoms with van der Waals surface area (Å²) < 4.78 is 6.45. The summed E-state index contributed by atoms with van der Waals surface area (Å²) in [5.41, 5.74) is 1.18. The number of allylic oxidation sites excluding steroid dienone is 1. The van der Waals surface area contributed by atoms with Crippen LogP contribution in [0.5, 0.6) is 11.5 Å². The van der Waals surface area contributed by atoms with Crippen LogP contribution in [0.4, 0.5) is 0 Å². The molecule has 0 aromatic heterocycles. The van der Waals surface area contributed by atoms with Gasteiger partial charge in [-0.15, -0.1) is 11.8 Å². The molecule has 2 aliphatic carbocycles. The molecular weight excluding hydrogens is 478 g/mol. The van der Waals surface area contributed by atoms with Crippen molar-refractivity contribution in [1.82, 2.24) is 4.90 Å². The maximum Gasteiger partial charge on any atom is 0.197 e. The van der Waals surface area contributed by atoms with Crippen LogP contribution in [0.25, 0.3) is 0 Å². The number of ether oxygens (including phenoxy) is 1. The van der Waals surface area contributed by atoms with Crippen molar-refractivity contribution in [1.29, 1.82) is 0 Å². The Balaban J connectivity index is 1.76. The summed E-state index contributed by atoms with van der Waals surface area (Å²) in [6.07, 6.45) is 2.98. The predicted molar refractivity (Wildman–Crippen MR) is 123 cm³/mol. The first-order valence-corrected chi connectivity index (χ1v) is 12.0. The number of carbonyl (C=O) groups is 1. The molecule has 1 heterocycles. The number of likely N-dealkylation sites (N-methyl/N-ethyl adjacent to an activating group) is 1. The van der Waals surface area contributed by atoms with Gasteiger partial charge in [0, 0.05) is 38.7 Å². The number of ketones is 1. The van der Waals surface area contributed by atoms with Crippen molar-refractivity contribution in [2.45, 2.75) is 34.4 Å². The predicted octanol–water partition coefficient (Wildman–Crippen LogP) is 4.77. The molecule has 1 aliphatic heterocycles. The summed E-state index contributed by atoms with van der Waals surface area (Å²) in [7, 11) is 3.67. The van der Waals surface area contributed by atoms with Crippen LogP contribution in [-0.4, -0.2) is 47.6 Å². The molecule has 5 rings (SSSR count). The molecule has 2 N–H and O–H groups in total. The van der Waals surface area contributed by atoms with Crippen LogP contribution in [-0.2, 0) is 14.9 Å². The largest absolute Gasteiger partial charge is 0.504 e. The Labute approximate surface area is 194 Å². The lowest BCUT2D eigenvalue weighted by Gasteiger charge is -2.58. The maximum atomic E-state index is 12.9. The Kier molecular flexibility index (Phi) is 5.11. The van der Waals surface area contributed by atoms with Gasteiger partial charge < -0.3 is 19.8 Å². The van der Waals surface area contributed by atoms with Crippen LogP contribution in [0.15, 0.2) is 57.6 Å². The Morgan fingerprint density at radius 3 is 2.74 bits per heavy atom. The molecule has 0 saturated carbocycles. The molecule has 7 heteroatoms. The minimum Gasteiger partial charge on any atom is -0.504 e. The number of hydrogen-bond acceptors (Lipinski definition) is 6. The summed E-state index contributed by atoms with van der Waals surface area (Å²) in [5, 5.41) is 21.5. The SMILES string of the molecule is COC1=CC2[C@@H]3[C@H](Sc4ccccc4Br)c4ccc(O)c(O)c4[C@]2(CCN3C)CC1=O. The van der Waals surface area contributed by atoms with Gasteiger partial charge in [-0.1, -0.05) is 18.2 Å². The van der Waals surface area contributed by atoms with E-state index in [1.165, 1.54) is 7.11 Å². The molecule has 2 bridgehead atoms. The molecule has 0 radical (unpaired) electrons. The number of phenolic OH excluding ortho intramolecular Hbond substituents is 2. The first-order valence-electron chi connectivity index (χ1n) is 10.3.